The summed E-state index contributed by atoms with van der Waals surface area (Å²) in [6.45, 7) is 3.40. The van der Waals surface area contributed by atoms with Crippen molar-refractivity contribution < 1.29 is 19.8 Å². The standard InChI is InChI=1S/C8H12O4.Na.H/c1-2-3-6(8(11)12)4-5-7(9)10;;/h2,6H,1,3-5H2,(H,9,10)(H,11,12);;. The first-order chi connectivity index (χ1) is 5.57. The Balaban J connectivity index is 0. The summed E-state index contributed by atoms with van der Waals surface area (Å²) in [5.74, 6) is -2.54. The van der Waals surface area contributed by atoms with Crippen LogP contribution in [0, 0.1) is 5.92 Å². The van der Waals surface area contributed by atoms with Crippen LogP contribution in [-0.4, -0.2) is 51.7 Å². The molecule has 0 heterocycles. The molecule has 0 radical (unpaired) electrons. The molecule has 5 heteroatoms. The molecule has 1 atom stereocenters. The van der Waals surface area contributed by atoms with Gasteiger partial charge in [-0.3, -0.25) is 9.59 Å². The number of carbonyl (C=O) groups is 2. The van der Waals surface area contributed by atoms with E-state index in [1.54, 1.807) is 0 Å². The number of carboxylic acids is 2. The molecule has 2 N–H and O–H groups in total. The van der Waals surface area contributed by atoms with Gasteiger partial charge in [0, 0.05) is 6.42 Å². The number of rotatable bonds is 6. The zero-order chi connectivity index (χ0) is 9.56. The van der Waals surface area contributed by atoms with Crippen LogP contribution in [0.5, 0.6) is 0 Å². The zero-order valence-corrected chi connectivity index (χ0v) is 6.69. The summed E-state index contributed by atoms with van der Waals surface area (Å²) in [5.41, 5.74) is 0. The fourth-order valence-corrected chi connectivity index (χ4v) is 0.841. The van der Waals surface area contributed by atoms with Gasteiger partial charge in [-0.15, -0.1) is 6.58 Å². The van der Waals surface area contributed by atoms with E-state index in [1.165, 1.54) is 6.08 Å². The molecule has 0 aliphatic rings. The summed E-state index contributed by atoms with van der Waals surface area (Å²) in [6, 6.07) is 0. The van der Waals surface area contributed by atoms with Gasteiger partial charge in [-0.25, -0.2) is 0 Å². The average molecular weight is 196 g/mol. The molecule has 0 saturated carbocycles. The third-order valence-electron chi connectivity index (χ3n) is 1.51. The van der Waals surface area contributed by atoms with Crippen molar-refractivity contribution in [2.24, 2.45) is 5.92 Å². The van der Waals surface area contributed by atoms with Crippen LogP contribution in [0.1, 0.15) is 19.3 Å². The van der Waals surface area contributed by atoms with E-state index in [0.29, 0.717) is 6.42 Å². The van der Waals surface area contributed by atoms with Gasteiger partial charge in [-0.2, -0.15) is 0 Å². The van der Waals surface area contributed by atoms with Crippen LogP contribution in [0.2, 0.25) is 0 Å². The fraction of sp³-hybridized carbons (Fsp3) is 0.500. The average Bonchev–Trinajstić information content (AvgIpc) is 1.96. The maximum atomic E-state index is 10.5. The van der Waals surface area contributed by atoms with Crippen LogP contribution in [0.3, 0.4) is 0 Å². The minimum atomic E-state index is -0.967. The molecule has 0 aromatic heterocycles. The molecule has 0 fully saturated rings. The van der Waals surface area contributed by atoms with Gasteiger partial charge >= 0.3 is 41.5 Å². The minimum absolute atomic E-state index is 0. The van der Waals surface area contributed by atoms with Crippen molar-refractivity contribution in [2.45, 2.75) is 19.3 Å². The van der Waals surface area contributed by atoms with Crippen LogP contribution in [0.15, 0.2) is 12.7 Å². The van der Waals surface area contributed by atoms with E-state index in [9.17, 15) is 9.59 Å². The third-order valence-corrected chi connectivity index (χ3v) is 1.51. The Morgan fingerprint density at radius 1 is 1.38 bits per heavy atom. The molecular weight excluding hydrogens is 183 g/mol. The Kier molecular flexibility index (Phi) is 9.67. The Morgan fingerprint density at radius 3 is 2.23 bits per heavy atom. The second-order valence-electron chi connectivity index (χ2n) is 2.49. The summed E-state index contributed by atoms with van der Waals surface area (Å²) in [5, 5.41) is 16.9. The molecule has 0 saturated heterocycles. The summed E-state index contributed by atoms with van der Waals surface area (Å²) >= 11 is 0. The van der Waals surface area contributed by atoms with Crippen molar-refractivity contribution in [1.82, 2.24) is 0 Å². The van der Waals surface area contributed by atoms with E-state index >= 15 is 0 Å². The molecule has 0 amide bonds. The maximum absolute atomic E-state index is 10.5. The van der Waals surface area contributed by atoms with Crippen LogP contribution in [0.25, 0.3) is 0 Å². The van der Waals surface area contributed by atoms with Gasteiger partial charge in [0.15, 0.2) is 0 Å². The monoisotopic (exact) mass is 196 g/mol. The SMILES string of the molecule is C=CCC(CCC(=O)O)C(=O)O.[NaH]. The van der Waals surface area contributed by atoms with Gasteiger partial charge in [0.25, 0.3) is 0 Å². The second-order valence-corrected chi connectivity index (χ2v) is 2.49. The Hall–Kier alpha value is -0.320. The Labute approximate surface area is 98.9 Å². The number of aliphatic carboxylic acids is 2. The number of carboxylic acid groups (broad SMARTS) is 2. The summed E-state index contributed by atoms with van der Waals surface area (Å²) in [7, 11) is 0. The van der Waals surface area contributed by atoms with Gasteiger partial charge < -0.3 is 10.2 Å². The van der Waals surface area contributed by atoms with Gasteiger partial charge in [-0.05, 0) is 12.8 Å². The van der Waals surface area contributed by atoms with E-state index in [4.69, 9.17) is 10.2 Å². The van der Waals surface area contributed by atoms with Crippen LogP contribution in [0.4, 0.5) is 0 Å². The predicted octanol–water partition coefficient (Wildman–Crippen LogP) is 0.480. The van der Waals surface area contributed by atoms with Gasteiger partial charge in [0.05, 0.1) is 5.92 Å². The molecule has 4 nitrogen and oxygen atoms in total. The second kappa shape index (κ2) is 8.29. The van der Waals surface area contributed by atoms with Crippen molar-refractivity contribution >= 4 is 41.5 Å². The van der Waals surface area contributed by atoms with Gasteiger partial charge in [0.1, 0.15) is 0 Å². The molecule has 0 rings (SSSR count). The number of allylic oxidation sites excluding steroid dienone is 1. The van der Waals surface area contributed by atoms with Crippen molar-refractivity contribution in [3.05, 3.63) is 12.7 Å². The first-order valence-corrected chi connectivity index (χ1v) is 3.63. The molecule has 0 aliphatic carbocycles. The molecule has 1 unspecified atom stereocenters. The predicted molar refractivity (Wildman–Crippen MR) is 50.0 cm³/mol. The van der Waals surface area contributed by atoms with Crippen molar-refractivity contribution in [3.63, 3.8) is 0 Å². The molecule has 0 spiro atoms. The van der Waals surface area contributed by atoms with Crippen LogP contribution < -0.4 is 0 Å². The first kappa shape index (κ1) is 15.2. The van der Waals surface area contributed by atoms with E-state index in [2.05, 4.69) is 6.58 Å². The number of hydrogen-bond acceptors (Lipinski definition) is 2. The molecule has 70 valence electrons. The van der Waals surface area contributed by atoms with Crippen molar-refractivity contribution in [1.29, 1.82) is 0 Å². The van der Waals surface area contributed by atoms with Gasteiger partial charge in [-0.1, -0.05) is 6.08 Å². The molecular formula is C8H13NaO4. The topological polar surface area (TPSA) is 74.6 Å². The summed E-state index contributed by atoms with van der Waals surface area (Å²) in [6.07, 6.45) is 1.87. The number of hydrogen-bond donors (Lipinski definition) is 2. The Bertz CT molecular complexity index is 191. The van der Waals surface area contributed by atoms with E-state index in [-0.39, 0.29) is 42.4 Å². The van der Waals surface area contributed by atoms with E-state index in [1.807, 2.05) is 0 Å². The Morgan fingerprint density at radius 2 is 1.92 bits per heavy atom. The third kappa shape index (κ3) is 8.02. The molecule has 0 aromatic rings. The first-order valence-electron chi connectivity index (χ1n) is 3.63. The van der Waals surface area contributed by atoms with E-state index in [0.717, 1.165) is 0 Å². The van der Waals surface area contributed by atoms with E-state index < -0.39 is 17.9 Å². The van der Waals surface area contributed by atoms with Crippen LogP contribution in [-0.2, 0) is 9.59 Å². The molecule has 0 aromatic carbocycles. The summed E-state index contributed by atoms with van der Waals surface area (Å²) < 4.78 is 0. The quantitative estimate of drug-likeness (QED) is 0.478. The van der Waals surface area contributed by atoms with Gasteiger partial charge in [0.2, 0.25) is 0 Å². The van der Waals surface area contributed by atoms with Crippen molar-refractivity contribution in [3.8, 4) is 0 Å². The molecule has 13 heavy (non-hydrogen) atoms. The normalized spacial score (nSPS) is 11.1. The zero-order valence-electron chi connectivity index (χ0n) is 6.69. The van der Waals surface area contributed by atoms with Crippen molar-refractivity contribution in [2.75, 3.05) is 0 Å². The fourth-order valence-electron chi connectivity index (χ4n) is 0.841. The molecule has 0 bridgehead atoms. The van der Waals surface area contributed by atoms with Crippen LogP contribution >= 0.6 is 0 Å². The molecule has 0 aliphatic heterocycles. The summed E-state index contributed by atoms with van der Waals surface area (Å²) in [4.78, 5) is 20.6.